The van der Waals surface area contributed by atoms with E-state index in [1.807, 2.05) is 6.20 Å². The van der Waals surface area contributed by atoms with Gasteiger partial charge in [-0.3, -0.25) is 0 Å². The number of aliphatic hydroxyl groups excluding tert-OH is 1. The molecule has 1 atom stereocenters. The third kappa shape index (κ3) is 2.52. The number of hydrogen-bond acceptors (Lipinski definition) is 3. The molecule has 0 radical (unpaired) electrons. The van der Waals surface area contributed by atoms with Gasteiger partial charge in [0.05, 0.1) is 12.6 Å². The van der Waals surface area contributed by atoms with Crippen molar-refractivity contribution in [2.75, 3.05) is 11.5 Å². The highest BCUT2D eigenvalue weighted by atomic mass is 32.2. The van der Waals surface area contributed by atoms with Gasteiger partial charge in [-0.1, -0.05) is 0 Å². The van der Waals surface area contributed by atoms with Crippen molar-refractivity contribution in [3.63, 3.8) is 0 Å². The summed E-state index contributed by atoms with van der Waals surface area (Å²) in [7, 11) is 0. The Kier molecular flexibility index (Phi) is 3.43. The lowest BCUT2D eigenvalue weighted by Gasteiger charge is -2.24. The number of nitrogens with zero attached hydrogens (tertiary/aromatic N) is 2. The first-order valence-electron chi connectivity index (χ1n) is 6.62. The Morgan fingerprint density at radius 1 is 1.35 bits per heavy atom. The van der Waals surface area contributed by atoms with Gasteiger partial charge in [0.1, 0.15) is 5.82 Å². The van der Waals surface area contributed by atoms with E-state index in [2.05, 4.69) is 21.3 Å². The summed E-state index contributed by atoms with van der Waals surface area (Å²) in [5.41, 5.74) is 1.32. The van der Waals surface area contributed by atoms with Crippen LogP contribution in [0.2, 0.25) is 0 Å². The van der Waals surface area contributed by atoms with Gasteiger partial charge in [0.2, 0.25) is 0 Å². The molecule has 3 rings (SSSR count). The van der Waals surface area contributed by atoms with Crippen molar-refractivity contribution in [3.05, 3.63) is 17.7 Å². The molecule has 94 valence electrons. The van der Waals surface area contributed by atoms with Crippen molar-refractivity contribution in [3.8, 4) is 0 Å². The Labute approximate surface area is 107 Å². The Balaban J connectivity index is 1.72. The number of hydrogen-bond donors (Lipinski definition) is 1. The van der Waals surface area contributed by atoms with Crippen molar-refractivity contribution in [1.82, 2.24) is 9.55 Å². The van der Waals surface area contributed by atoms with E-state index < -0.39 is 0 Å². The fourth-order valence-corrected chi connectivity index (χ4v) is 4.07. The third-order valence-electron chi connectivity index (χ3n) is 3.96. The molecule has 1 aromatic heterocycles. The smallest absolute Gasteiger partial charge is 0.109 e. The number of thioether (sulfide) groups is 1. The maximum Gasteiger partial charge on any atom is 0.109 e. The van der Waals surface area contributed by atoms with Crippen LogP contribution in [-0.2, 0) is 19.4 Å². The molecule has 1 fully saturated rings. The summed E-state index contributed by atoms with van der Waals surface area (Å²) in [6, 6.07) is 0. The lowest BCUT2D eigenvalue weighted by molar-refractivity contribution is 0.129. The van der Waals surface area contributed by atoms with Crippen LogP contribution in [0.1, 0.15) is 30.8 Å². The van der Waals surface area contributed by atoms with E-state index in [4.69, 9.17) is 0 Å². The van der Waals surface area contributed by atoms with Crippen molar-refractivity contribution < 1.29 is 5.11 Å². The summed E-state index contributed by atoms with van der Waals surface area (Å²) in [6.07, 6.45) is 7.48. The maximum absolute atomic E-state index is 9.75. The largest absolute Gasteiger partial charge is 0.391 e. The molecule has 4 heteroatoms. The van der Waals surface area contributed by atoms with Gasteiger partial charge >= 0.3 is 0 Å². The van der Waals surface area contributed by atoms with Crippen LogP contribution in [0.4, 0.5) is 0 Å². The van der Waals surface area contributed by atoms with Crippen molar-refractivity contribution in [2.24, 2.45) is 5.92 Å². The molecule has 0 aliphatic carbocycles. The molecular weight excluding hydrogens is 232 g/mol. The molecule has 3 heterocycles. The van der Waals surface area contributed by atoms with E-state index in [-0.39, 0.29) is 6.10 Å². The molecule has 0 aromatic carbocycles. The van der Waals surface area contributed by atoms with Gasteiger partial charge < -0.3 is 9.67 Å². The Morgan fingerprint density at radius 2 is 2.18 bits per heavy atom. The van der Waals surface area contributed by atoms with Crippen LogP contribution < -0.4 is 0 Å². The van der Waals surface area contributed by atoms with Gasteiger partial charge in [-0.25, -0.2) is 4.98 Å². The van der Waals surface area contributed by atoms with Gasteiger partial charge in [-0.15, -0.1) is 0 Å². The van der Waals surface area contributed by atoms with Crippen LogP contribution in [0.25, 0.3) is 0 Å². The molecule has 2 aliphatic heterocycles. The average molecular weight is 252 g/mol. The summed E-state index contributed by atoms with van der Waals surface area (Å²) >= 11 is 2.07. The van der Waals surface area contributed by atoms with Crippen LogP contribution in [0.3, 0.4) is 0 Å². The Hall–Kier alpha value is -0.480. The van der Waals surface area contributed by atoms with Crippen molar-refractivity contribution in [1.29, 1.82) is 0 Å². The number of rotatable bonds is 2. The van der Waals surface area contributed by atoms with Gasteiger partial charge in [-0.2, -0.15) is 11.8 Å². The first kappa shape index (κ1) is 11.6. The summed E-state index contributed by atoms with van der Waals surface area (Å²) in [5.74, 6) is 4.62. The molecule has 1 unspecified atom stereocenters. The van der Waals surface area contributed by atoms with E-state index in [9.17, 15) is 5.11 Å². The number of aryl methyl sites for hydroxylation is 1. The third-order valence-corrected chi connectivity index (χ3v) is 5.01. The zero-order valence-electron chi connectivity index (χ0n) is 10.1. The lowest BCUT2D eigenvalue weighted by atomic mass is 9.98. The SMILES string of the molecule is OC1CCc2cnc(CC3CCSCC3)n2C1. The minimum absolute atomic E-state index is 0.169. The molecule has 1 N–H and O–H groups in total. The second kappa shape index (κ2) is 5.02. The zero-order chi connectivity index (χ0) is 11.7. The van der Waals surface area contributed by atoms with Crippen LogP contribution >= 0.6 is 11.8 Å². The van der Waals surface area contributed by atoms with Crippen LogP contribution in [-0.4, -0.2) is 32.3 Å². The lowest BCUT2D eigenvalue weighted by Crippen LogP contribution is -2.26. The predicted octanol–water partition coefficient (Wildman–Crippen LogP) is 1.88. The average Bonchev–Trinajstić information content (AvgIpc) is 2.73. The normalized spacial score (nSPS) is 25.8. The summed E-state index contributed by atoms with van der Waals surface area (Å²) in [5, 5.41) is 9.75. The molecular formula is C13H20N2OS. The van der Waals surface area contributed by atoms with Gasteiger partial charge in [0.15, 0.2) is 0 Å². The van der Waals surface area contributed by atoms with E-state index >= 15 is 0 Å². The number of aromatic nitrogens is 2. The molecule has 0 spiro atoms. The number of aliphatic hydroxyl groups is 1. The number of fused-ring (bicyclic) bond motifs is 1. The minimum Gasteiger partial charge on any atom is -0.391 e. The molecule has 0 bridgehead atoms. The monoisotopic (exact) mass is 252 g/mol. The topological polar surface area (TPSA) is 38.1 Å². The molecule has 17 heavy (non-hydrogen) atoms. The summed E-state index contributed by atoms with van der Waals surface area (Å²) in [6.45, 7) is 0.756. The van der Waals surface area contributed by atoms with E-state index in [1.165, 1.54) is 35.9 Å². The Morgan fingerprint density at radius 3 is 3.00 bits per heavy atom. The van der Waals surface area contributed by atoms with Gasteiger partial charge in [0, 0.05) is 18.3 Å². The minimum atomic E-state index is -0.169. The van der Waals surface area contributed by atoms with E-state index in [1.54, 1.807) is 0 Å². The maximum atomic E-state index is 9.75. The van der Waals surface area contributed by atoms with Crippen LogP contribution in [0, 0.1) is 5.92 Å². The summed E-state index contributed by atoms with van der Waals surface area (Å²) < 4.78 is 2.26. The second-order valence-electron chi connectivity index (χ2n) is 5.23. The summed E-state index contributed by atoms with van der Waals surface area (Å²) in [4.78, 5) is 4.57. The molecule has 1 aromatic rings. The first-order chi connectivity index (χ1) is 8.33. The standard InChI is InChI=1S/C13H20N2OS/c16-12-2-1-11-8-14-13(15(11)9-12)7-10-3-5-17-6-4-10/h8,10,12,16H,1-7,9H2. The molecule has 0 saturated carbocycles. The molecule has 2 aliphatic rings. The molecule has 0 amide bonds. The highest BCUT2D eigenvalue weighted by Gasteiger charge is 2.22. The Bertz CT molecular complexity index is 385. The van der Waals surface area contributed by atoms with Crippen LogP contribution in [0.15, 0.2) is 6.20 Å². The van der Waals surface area contributed by atoms with Crippen LogP contribution in [0.5, 0.6) is 0 Å². The fourth-order valence-electron chi connectivity index (χ4n) is 2.86. The quantitative estimate of drug-likeness (QED) is 0.873. The fraction of sp³-hybridized carbons (Fsp3) is 0.769. The van der Waals surface area contributed by atoms with Gasteiger partial charge in [-0.05, 0) is 43.1 Å². The predicted molar refractivity (Wildman–Crippen MR) is 70.3 cm³/mol. The van der Waals surface area contributed by atoms with E-state index in [0.29, 0.717) is 0 Å². The number of imidazole rings is 1. The van der Waals surface area contributed by atoms with E-state index in [0.717, 1.165) is 31.7 Å². The van der Waals surface area contributed by atoms with Crippen molar-refractivity contribution >= 4 is 11.8 Å². The van der Waals surface area contributed by atoms with Gasteiger partial charge in [0.25, 0.3) is 0 Å². The highest BCUT2D eigenvalue weighted by Crippen LogP contribution is 2.27. The second-order valence-corrected chi connectivity index (χ2v) is 6.45. The van der Waals surface area contributed by atoms with Crippen molar-refractivity contribution in [2.45, 2.75) is 44.8 Å². The first-order valence-corrected chi connectivity index (χ1v) is 7.77. The zero-order valence-corrected chi connectivity index (χ0v) is 11.0. The highest BCUT2D eigenvalue weighted by molar-refractivity contribution is 7.99. The molecule has 1 saturated heterocycles. The molecule has 3 nitrogen and oxygen atoms in total.